The lowest BCUT2D eigenvalue weighted by Crippen LogP contribution is -2.35. The van der Waals surface area contributed by atoms with Crippen LogP contribution in [-0.4, -0.2) is 13.2 Å². The Balaban J connectivity index is 0.781. The highest BCUT2D eigenvalue weighted by Crippen LogP contribution is 2.61. The number of allylic oxidation sites excluding steroid dienone is 4. The number of hydrogen-bond acceptors (Lipinski definition) is 4. The van der Waals surface area contributed by atoms with E-state index in [1.54, 1.807) is 12.2 Å². The molecule has 0 aliphatic heterocycles. The molecule has 0 saturated carbocycles. The highest BCUT2D eigenvalue weighted by molar-refractivity contribution is 5.93. The highest BCUT2D eigenvalue weighted by Gasteiger charge is 2.50. The zero-order chi connectivity index (χ0) is 64.4. The first-order valence-corrected chi connectivity index (χ1v) is 33.2. The molecular weight excluding hydrogens is 1170 g/mol. The molecule has 3 aliphatic carbocycles. The lowest BCUT2D eigenvalue weighted by molar-refractivity contribution is 0.362. The molecule has 16 rings (SSSR count). The summed E-state index contributed by atoms with van der Waals surface area (Å²) in [6.45, 7) is 8.70. The summed E-state index contributed by atoms with van der Waals surface area (Å²) in [6.07, 6.45) is 13.6. The molecule has 0 spiro atoms. The van der Waals surface area contributed by atoms with Gasteiger partial charge in [-0.05, 0) is 216 Å². The van der Waals surface area contributed by atoms with Crippen LogP contribution in [0.15, 0.2) is 371 Å². The van der Waals surface area contributed by atoms with Gasteiger partial charge in [0.1, 0.15) is 24.7 Å². The van der Waals surface area contributed by atoms with Crippen LogP contribution in [0.4, 0.5) is 34.1 Å². The molecule has 0 N–H and O–H groups in total. The SMILES string of the molecule is C=CCOc1ccc(C2(c3ccccc3)c3cc(-c4ccccc4)ccc3-c3ccc(N(c4ccccc4)c4ccc(-c5ccc(N(c6ccccc6)c6ccc7c(c6)C(c6ccc(OCC=C)cc6)(C6C=CC=CC6)c6cc(-c8ccccc8)ccc6-7)cc5)cc4)cc32)cc1. The Morgan fingerprint density at radius 3 is 1.15 bits per heavy atom. The average molecular weight is 1240 g/mol. The summed E-state index contributed by atoms with van der Waals surface area (Å²) in [5.74, 6) is 1.75. The summed E-state index contributed by atoms with van der Waals surface area (Å²) in [7, 11) is 0. The van der Waals surface area contributed by atoms with Crippen molar-refractivity contribution >= 4 is 34.1 Å². The van der Waals surface area contributed by atoms with E-state index < -0.39 is 10.8 Å². The Kier molecular flexibility index (Phi) is 15.7. The summed E-state index contributed by atoms with van der Waals surface area (Å²) >= 11 is 0. The van der Waals surface area contributed by atoms with Gasteiger partial charge < -0.3 is 19.3 Å². The van der Waals surface area contributed by atoms with Crippen molar-refractivity contribution < 1.29 is 9.47 Å². The number of hydrogen-bond donors (Lipinski definition) is 0. The zero-order valence-electron chi connectivity index (χ0n) is 53.4. The Hall–Kier alpha value is -12.0. The molecule has 96 heavy (non-hydrogen) atoms. The maximum absolute atomic E-state index is 6.12. The molecule has 0 bridgehead atoms. The van der Waals surface area contributed by atoms with Crippen LogP contribution in [0.1, 0.15) is 45.4 Å². The van der Waals surface area contributed by atoms with E-state index >= 15 is 0 Å². The smallest absolute Gasteiger partial charge is 0.119 e. The lowest BCUT2D eigenvalue weighted by Gasteiger charge is -2.40. The predicted molar refractivity (Wildman–Crippen MR) is 399 cm³/mol. The third-order valence-electron chi connectivity index (χ3n) is 19.7. The van der Waals surface area contributed by atoms with Crippen LogP contribution in [0, 0.1) is 5.92 Å². The van der Waals surface area contributed by atoms with Gasteiger partial charge in [0, 0.05) is 34.1 Å². The van der Waals surface area contributed by atoms with Crippen molar-refractivity contribution in [1.29, 1.82) is 0 Å². The van der Waals surface area contributed by atoms with Crippen LogP contribution in [0.2, 0.25) is 0 Å². The Morgan fingerprint density at radius 2 is 0.677 bits per heavy atom. The van der Waals surface area contributed by atoms with Gasteiger partial charge >= 0.3 is 0 Å². The second kappa shape index (κ2) is 25.5. The van der Waals surface area contributed by atoms with Gasteiger partial charge in [-0.2, -0.15) is 0 Å². The van der Waals surface area contributed by atoms with E-state index in [2.05, 4.69) is 369 Å². The highest BCUT2D eigenvalue weighted by atomic mass is 16.5. The van der Waals surface area contributed by atoms with Crippen LogP contribution in [0.5, 0.6) is 11.5 Å². The molecule has 4 heteroatoms. The van der Waals surface area contributed by atoms with E-state index in [0.717, 1.165) is 68.7 Å². The van der Waals surface area contributed by atoms with E-state index in [1.807, 2.05) is 0 Å². The minimum Gasteiger partial charge on any atom is -0.490 e. The monoisotopic (exact) mass is 1230 g/mol. The van der Waals surface area contributed by atoms with Gasteiger partial charge in [-0.15, -0.1) is 0 Å². The molecule has 3 unspecified atom stereocenters. The second-order valence-electron chi connectivity index (χ2n) is 25.0. The summed E-state index contributed by atoms with van der Waals surface area (Å²) in [6, 6.07) is 118. The number of benzene rings is 13. The molecule has 0 amide bonds. The molecule has 0 heterocycles. The molecule has 4 nitrogen and oxygen atoms in total. The Morgan fingerprint density at radius 1 is 0.323 bits per heavy atom. The second-order valence-corrected chi connectivity index (χ2v) is 25.0. The Labute approximate surface area is 563 Å². The van der Waals surface area contributed by atoms with Crippen LogP contribution in [0.3, 0.4) is 0 Å². The fourth-order valence-electron chi connectivity index (χ4n) is 15.4. The number of para-hydroxylation sites is 2. The van der Waals surface area contributed by atoms with Gasteiger partial charge in [0.2, 0.25) is 0 Å². The topological polar surface area (TPSA) is 24.9 Å². The largest absolute Gasteiger partial charge is 0.490 e. The van der Waals surface area contributed by atoms with Crippen LogP contribution in [-0.2, 0) is 10.8 Å². The number of ether oxygens (including phenoxy) is 2. The van der Waals surface area contributed by atoms with Crippen LogP contribution >= 0.6 is 0 Å². The van der Waals surface area contributed by atoms with E-state index in [9.17, 15) is 0 Å². The molecule has 460 valence electrons. The number of fused-ring (bicyclic) bond motifs is 6. The molecular formula is C92H70N2O2. The van der Waals surface area contributed by atoms with Crippen molar-refractivity contribution in [3.63, 3.8) is 0 Å². The third-order valence-corrected chi connectivity index (χ3v) is 19.7. The van der Waals surface area contributed by atoms with Gasteiger partial charge in [-0.3, -0.25) is 0 Å². The molecule has 0 fully saturated rings. The molecule has 3 aliphatic rings. The van der Waals surface area contributed by atoms with Crippen molar-refractivity contribution in [1.82, 2.24) is 0 Å². The third kappa shape index (κ3) is 10.4. The van der Waals surface area contributed by atoms with Crippen molar-refractivity contribution in [2.75, 3.05) is 23.0 Å². The lowest BCUT2D eigenvalue weighted by atomic mass is 9.62. The maximum Gasteiger partial charge on any atom is 0.119 e. The van der Waals surface area contributed by atoms with Gasteiger partial charge in [-0.1, -0.05) is 262 Å². The molecule has 3 atom stereocenters. The van der Waals surface area contributed by atoms with Gasteiger partial charge in [-0.25, -0.2) is 0 Å². The van der Waals surface area contributed by atoms with E-state index in [-0.39, 0.29) is 5.92 Å². The van der Waals surface area contributed by atoms with Crippen molar-refractivity contribution in [3.05, 3.63) is 410 Å². The molecule has 0 aromatic heterocycles. The number of anilines is 6. The summed E-state index contributed by atoms with van der Waals surface area (Å²) in [5.41, 5.74) is 25.7. The first kappa shape index (κ1) is 59.1. The number of rotatable bonds is 19. The summed E-state index contributed by atoms with van der Waals surface area (Å²) in [5, 5.41) is 0. The van der Waals surface area contributed by atoms with Gasteiger partial charge in [0.15, 0.2) is 0 Å². The fraction of sp³-hybridized carbons (Fsp3) is 0.0652. The quantitative estimate of drug-likeness (QED) is 0.0754. The summed E-state index contributed by atoms with van der Waals surface area (Å²) in [4.78, 5) is 4.81. The van der Waals surface area contributed by atoms with Gasteiger partial charge in [0.25, 0.3) is 0 Å². The molecule has 0 radical (unpaired) electrons. The maximum atomic E-state index is 6.12. The molecule has 13 aromatic rings. The average Bonchev–Trinajstić information content (AvgIpc) is 1.53. The first-order chi connectivity index (χ1) is 47.5. The van der Waals surface area contributed by atoms with E-state index in [0.29, 0.717) is 13.2 Å². The van der Waals surface area contributed by atoms with Crippen molar-refractivity contribution in [2.45, 2.75) is 17.3 Å². The normalized spacial score (nSPS) is 16.1. The van der Waals surface area contributed by atoms with Crippen molar-refractivity contribution in [3.8, 4) is 67.1 Å². The zero-order valence-corrected chi connectivity index (χ0v) is 53.4. The van der Waals surface area contributed by atoms with Crippen LogP contribution in [0.25, 0.3) is 55.6 Å². The van der Waals surface area contributed by atoms with E-state index in [4.69, 9.17) is 9.47 Å². The van der Waals surface area contributed by atoms with Gasteiger partial charge in [0.05, 0.1) is 10.8 Å². The molecule has 0 saturated heterocycles. The summed E-state index contributed by atoms with van der Waals surface area (Å²) < 4.78 is 12.2. The first-order valence-electron chi connectivity index (χ1n) is 33.2. The fourth-order valence-corrected chi connectivity index (χ4v) is 15.4. The standard InChI is InChI=1S/C92H70N2O2/c1-3-59-95-81-51-41-73(42-52-81)91(71-27-15-7-16-28-71)87-61-69(65-23-11-5-12-24-65)39-55-83(87)85-57-49-79(63-89(85)91)93(75-31-19-9-20-32-75)77-45-35-67(36-46-77)68-37-47-78(48-38-68)94(76-33-21-10-22-34-76)80-50-58-86-84-56-40-70(66-25-13-6-14-26-66)62-88(84)92(90(86)64-80,72-29-17-8-18-30-72)74-43-53-82(54-44-74)96-60-4-2/h3-29,31-58,61-64,72H,1-2,30,59-60H2. The Bertz CT molecular complexity index is 5030. The minimum atomic E-state index is -0.680. The molecule has 13 aromatic carbocycles. The van der Waals surface area contributed by atoms with Crippen LogP contribution < -0.4 is 19.3 Å². The number of nitrogens with zero attached hydrogens (tertiary/aromatic N) is 2. The van der Waals surface area contributed by atoms with Crippen molar-refractivity contribution in [2.24, 2.45) is 5.92 Å². The van der Waals surface area contributed by atoms with E-state index in [1.165, 1.54) is 77.9 Å². The minimum absolute atomic E-state index is 0.122. The predicted octanol–water partition coefficient (Wildman–Crippen LogP) is 23.6.